The van der Waals surface area contributed by atoms with Crippen molar-refractivity contribution in [3.05, 3.63) is 51.5 Å². The van der Waals surface area contributed by atoms with Gasteiger partial charge in [0, 0.05) is 16.7 Å². The van der Waals surface area contributed by atoms with Crippen LogP contribution in [0.1, 0.15) is 27.6 Å². The summed E-state index contributed by atoms with van der Waals surface area (Å²) in [5.74, 6) is -0.887. The fourth-order valence-electron chi connectivity index (χ4n) is 2.39. The Labute approximate surface area is 164 Å². The molecule has 0 radical (unpaired) electrons. The summed E-state index contributed by atoms with van der Waals surface area (Å²) in [6.45, 7) is 0.809. The molecule has 3 rings (SSSR count). The van der Waals surface area contributed by atoms with Gasteiger partial charge in [-0.15, -0.1) is 0 Å². The topological polar surface area (TPSA) is 90.9 Å². The van der Waals surface area contributed by atoms with E-state index in [1.165, 1.54) is 37.3 Å². The summed E-state index contributed by atoms with van der Waals surface area (Å²) in [7, 11) is 0. The lowest BCUT2D eigenvalue weighted by Crippen LogP contribution is -2.22. The standard InChI is InChI=1S/C18H13Cl2NO6/c1-9(22)11-5-15-16(27-8-26-15)6-14(11)21-17(23)7-25-18(24)12-4-10(19)2-3-13(12)20/h2-6H,7-8H2,1H3,(H,21,23). The molecule has 0 aromatic heterocycles. The third kappa shape index (κ3) is 4.32. The molecule has 1 N–H and O–H groups in total. The Morgan fingerprint density at radius 3 is 2.48 bits per heavy atom. The van der Waals surface area contributed by atoms with Crippen molar-refractivity contribution in [1.29, 1.82) is 0 Å². The van der Waals surface area contributed by atoms with Gasteiger partial charge in [0.15, 0.2) is 23.9 Å². The Morgan fingerprint density at radius 2 is 1.78 bits per heavy atom. The van der Waals surface area contributed by atoms with E-state index < -0.39 is 18.5 Å². The molecule has 0 aliphatic carbocycles. The smallest absolute Gasteiger partial charge is 0.340 e. The minimum absolute atomic E-state index is 0.0298. The van der Waals surface area contributed by atoms with Crippen LogP contribution in [0.25, 0.3) is 0 Å². The monoisotopic (exact) mass is 409 g/mol. The number of rotatable bonds is 5. The van der Waals surface area contributed by atoms with E-state index in [2.05, 4.69) is 5.32 Å². The molecule has 0 atom stereocenters. The molecule has 0 spiro atoms. The van der Waals surface area contributed by atoms with E-state index in [4.69, 9.17) is 37.4 Å². The number of hydrogen-bond donors (Lipinski definition) is 1. The highest BCUT2D eigenvalue weighted by atomic mass is 35.5. The van der Waals surface area contributed by atoms with Gasteiger partial charge >= 0.3 is 5.97 Å². The summed E-state index contributed by atoms with van der Waals surface area (Å²) >= 11 is 11.7. The van der Waals surface area contributed by atoms with Gasteiger partial charge in [0.05, 0.1) is 16.3 Å². The van der Waals surface area contributed by atoms with Gasteiger partial charge in [-0.1, -0.05) is 23.2 Å². The van der Waals surface area contributed by atoms with Gasteiger partial charge in [-0.2, -0.15) is 0 Å². The highest BCUT2D eigenvalue weighted by molar-refractivity contribution is 6.35. The van der Waals surface area contributed by atoms with Crippen molar-refractivity contribution < 1.29 is 28.6 Å². The lowest BCUT2D eigenvalue weighted by molar-refractivity contribution is -0.119. The number of ether oxygens (including phenoxy) is 3. The lowest BCUT2D eigenvalue weighted by atomic mass is 10.1. The fraction of sp³-hybridized carbons (Fsp3) is 0.167. The number of benzene rings is 2. The van der Waals surface area contributed by atoms with Crippen LogP contribution in [0.5, 0.6) is 11.5 Å². The number of halogens is 2. The average Bonchev–Trinajstić information content (AvgIpc) is 3.08. The molecule has 1 aliphatic rings. The minimum atomic E-state index is -0.796. The van der Waals surface area contributed by atoms with E-state index in [1.54, 1.807) is 0 Å². The number of Topliss-reactive ketones (excluding diaryl/α,β-unsaturated/α-hetero) is 1. The number of fused-ring (bicyclic) bond motifs is 1. The highest BCUT2D eigenvalue weighted by Gasteiger charge is 2.21. The third-order valence-corrected chi connectivity index (χ3v) is 4.21. The van der Waals surface area contributed by atoms with Crippen molar-refractivity contribution >= 4 is 46.5 Å². The normalized spacial score (nSPS) is 11.8. The van der Waals surface area contributed by atoms with Gasteiger partial charge in [0.2, 0.25) is 6.79 Å². The molecular weight excluding hydrogens is 397 g/mol. The van der Waals surface area contributed by atoms with Gasteiger partial charge in [0.1, 0.15) is 0 Å². The predicted molar refractivity (Wildman–Crippen MR) is 97.9 cm³/mol. The van der Waals surface area contributed by atoms with Gasteiger partial charge in [-0.25, -0.2) is 4.79 Å². The molecule has 2 aromatic carbocycles. The molecule has 7 nitrogen and oxygen atoms in total. The summed E-state index contributed by atoms with van der Waals surface area (Å²) in [4.78, 5) is 36.0. The molecule has 140 valence electrons. The van der Waals surface area contributed by atoms with E-state index in [0.717, 1.165) is 0 Å². The second-order valence-electron chi connectivity index (χ2n) is 5.56. The third-order valence-electron chi connectivity index (χ3n) is 3.65. The van der Waals surface area contributed by atoms with Gasteiger partial charge < -0.3 is 19.5 Å². The predicted octanol–water partition coefficient (Wildman–Crippen LogP) is 3.72. The molecule has 0 unspecified atom stereocenters. The number of amides is 1. The summed E-state index contributed by atoms with van der Waals surface area (Å²) in [5.41, 5.74) is 0.523. The van der Waals surface area contributed by atoms with E-state index in [9.17, 15) is 14.4 Å². The Hall–Kier alpha value is -2.77. The van der Waals surface area contributed by atoms with E-state index in [-0.39, 0.29) is 34.4 Å². The summed E-state index contributed by atoms with van der Waals surface area (Å²) in [6.07, 6.45) is 0. The number of carbonyl (C=O) groups excluding carboxylic acids is 3. The van der Waals surface area contributed by atoms with Gasteiger partial charge in [-0.3, -0.25) is 9.59 Å². The van der Waals surface area contributed by atoms with Crippen molar-refractivity contribution in [1.82, 2.24) is 0 Å². The van der Waals surface area contributed by atoms with Crippen molar-refractivity contribution in [2.45, 2.75) is 6.92 Å². The van der Waals surface area contributed by atoms with Crippen molar-refractivity contribution in [2.75, 3.05) is 18.7 Å². The molecule has 1 amide bonds. The molecule has 2 aromatic rings. The number of esters is 1. The van der Waals surface area contributed by atoms with Crippen LogP contribution >= 0.6 is 23.2 Å². The molecule has 0 saturated heterocycles. The molecule has 0 bridgehead atoms. The summed E-state index contributed by atoms with van der Waals surface area (Å²) in [6, 6.07) is 7.28. The van der Waals surface area contributed by atoms with E-state index in [1.807, 2.05) is 0 Å². The van der Waals surface area contributed by atoms with E-state index in [0.29, 0.717) is 16.5 Å². The zero-order valence-corrected chi connectivity index (χ0v) is 15.5. The van der Waals surface area contributed by atoms with Crippen LogP contribution in [0.15, 0.2) is 30.3 Å². The quantitative estimate of drug-likeness (QED) is 0.597. The molecule has 9 heteroatoms. The SMILES string of the molecule is CC(=O)c1cc2c(cc1NC(=O)COC(=O)c1cc(Cl)ccc1Cl)OCO2. The maximum atomic E-state index is 12.1. The Kier molecular flexibility index (Phi) is 5.53. The summed E-state index contributed by atoms with van der Waals surface area (Å²) in [5, 5.41) is 2.98. The molecule has 0 saturated carbocycles. The first-order valence-corrected chi connectivity index (χ1v) is 8.47. The zero-order valence-electron chi connectivity index (χ0n) is 14.0. The average molecular weight is 410 g/mol. The van der Waals surface area contributed by atoms with Crippen LogP contribution in [0, 0.1) is 0 Å². The van der Waals surface area contributed by atoms with Crippen LogP contribution in [-0.4, -0.2) is 31.1 Å². The number of anilines is 1. The molecule has 27 heavy (non-hydrogen) atoms. The first-order valence-electron chi connectivity index (χ1n) is 7.72. The van der Waals surface area contributed by atoms with Crippen LogP contribution in [-0.2, 0) is 9.53 Å². The fourth-order valence-corrected chi connectivity index (χ4v) is 2.75. The highest BCUT2D eigenvalue weighted by Crippen LogP contribution is 2.37. The Balaban J connectivity index is 1.68. The first-order chi connectivity index (χ1) is 12.8. The number of carbonyl (C=O) groups is 3. The maximum Gasteiger partial charge on any atom is 0.340 e. The Bertz CT molecular complexity index is 944. The number of ketones is 1. The molecule has 0 fully saturated rings. The number of nitrogens with one attached hydrogen (secondary N) is 1. The number of hydrogen-bond acceptors (Lipinski definition) is 6. The second-order valence-corrected chi connectivity index (χ2v) is 6.40. The minimum Gasteiger partial charge on any atom is -0.454 e. The molecular formula is C18H13Cl2NO6. The van der Waals surface area contributed by atoms with Crippen LogP contribution in [0.4, 0.5) is 5.69 Å². The molecule has 1 aliphatic heterocycles. The molecule has 1 heterocycles. The van der Waals surface area contributed by atoms with Crippen molar-refractivity contribution in [3.63, 3.8) is 0 Å². The van der Waals surface area contributed by atoms with Crippen molar-refractivity contribution in [3.8, 4) is 11.5 Å². The zero-order chi connectivity index (χ0) is 19.6. The van der Waals surface area contributed by atoms with E-state index >= 15 is 0 Å². The lowest BCUT2D eigenvalue weighted by Gasteiger charge is -2.11. The largest absolute Gasteiger partial charge is 0.454 e. The second kappa shape index (κ2) is 7.85. The first kappa shape index (κ1) is 19.0. The maximum absolute atomic E-state index is 12.1. The van der Waals surface area contributed by atoms with Gasteiger partial charge in [0.25, 0.3) is 5.91 Å². The van der Waals surface area contributed by atoms with Crippen LogP contribution in [0.3, 0.4) is 0 Å². The van der Waals surface area contributed by atoms with Crippen molar-refractivity contribution in [2.24, 2.45) is 0 Å². The summed E-state index contributed by atoms with van der Waals surface area (Å²) < 4.78 is 15.4. The van der Waals surface area contributed by atoms with Gasteiger partial charge in [-0.05, 0) is 31.2 Å². The van der Waals surface area contributed by atoms with Crippen LogP contribution < -0.4 is 14.8 Å². The van der Waals surface area contributed by atoms with Crippen LogP contribution in [0.2, 0.25) is 10.0 Å². The Morgan fingerprint density at radius 1 is 1.07 bits per heavy atom.